The summed E-state index contributed by atoms with van der Waals surface area (Å²) in [5.74, 6) is -0.0740. The Hall–Kier alpha value is -2.80. The first kappa shape index (κ1) is 20.9. The van der Waals surface area contributed by atoms with Gasteiger partial charge in [0.25, 0.3) is 0 Å². The molecule has 152 valence electrons. The Morgan fingerprint density at radius 1 is 1.21 bits per heavy atom. The normalized spacial score (nSPS) is 16.2. The molecule has 1 aliphatic rings. The number of thioether (sulfide) groups is 1. The highest BCUT2D eigenvalue weighted by molar-refractivity contribution is 8.01. The Bertz CT molecular complexity index is 944. The lowest BCUT2D eigenvalue weighted by molar-refractivity contribution is -0.121. The summed E-state index contributed by atoms with van der Waals surface area (Å²) >= 11 is 1.18. The van der Waals surface area contributed by atoms with Crippen LogP contribution >= 0.6 is 11.8 Å². The number of rotatable bonds is 7. The second-order valence-electron chi connectivity index (χ2n) is 6.84. The summed E-state index contributed by atoms with van der Waals surface area (Å²) in [5.41, 5.74) is 3.15. The van der Waals surface area contributed by atoms with Crippen LogP contribution in [0.15, 0.2) is 42.5 Å². The summed E-state index contributed by atoms with van der Waals surface area (Å²) in [6.45, 7) is 6.21. The molecular weight excluding hydrogens is 388 g/mol. The third-order valence-electron chi connectivity index (χ3n) is 4.58. The molecule has 0 aromatic heterocycles. The number of imide groups is 1. The van der Waals surface area contributed by atoms with E-state index in [1.54, 1.807) is 18.2 Å². The molecule has 1 N–H and O–H groups in total. The number of nitrogens with zero attached hydrogens (tertiary/aromatic N) is 1. The van der Waals surface area contributed by atoms with Crippen molar-refractivity contribution < 1.29 is 19.1 Å². The maximum atomic E-state index is 12.8. The maximum absolute atomic E-state index is 12.8. The molecule has 1 atom stereocenters. The Morgan fingerprint density at radius 3 is 2.69 bits per heavy atom. The van der Waals surface area contributed by atoms with E-state index in [2.05, 4.69) is 5.32 Å². The lowest BCUT2D eigenvalue weighted by Crippen LogP contribution is -2.32. The summed E-state index contributed by atoms with van der Waals surface area (Å²) < 4.78 is 5.50. The minimum Gasteiger partial charge on any atom is -0.492 e. The van der Waals surface area contributed by atoms with E-state index in [-0.39, 0.29) is 29.9 Å². The fourth-order valence-corrected chi connectivity index (χ4v) is 4.19. The molecule has 0 spiro atoms. The largest absolute Gasteiger partial charge is 0.492 e. The van der Waals surface area contributed by atoms with Crippen LogP contribution in [0.2, 0.25) is 0 Å². The minimum absolute atomic E-state index is 0.0743. The van der Waals surface area contributed by atoms with Crippen LogP contribution in [0, 0.1) is 13.8 Å². The van der Waals surface area contributed by atoms with Crippen LogP contribution in [0.25, 0.3) is 0 Å². The van der Waals surface area contributed by atoms with Crippen molar-refractivity contribution in [1.82, 2.24) is 0 Å². The van der Waals surface area contributed by atoms with Crippen molar-refractivity contribution in [2.24, 2.45) is 0 Å². The van der Waals surface area contributed by atoms with Gasteiger partial charge in [0.15, 0.2) is 0 Å². The molecular formula is C22H24N2O4S. The number of para-hydroxylation sites is 2. The van der Waals surface area contributed by atoms with Gasteiger partial charge in [-0.05, 0) is 44.5 Å². The third kappa shape index (κ3) is 4.79. The second-order valence-corrected chi connectivity index (χ2v) is 8.03. The molecule has 2 aromatic rings. The number of anilines is 2. The summed E-state index contributed by atoms with van der Waals surface area (Å²) in [6.07, 6.45) is 0.0969. The molecule has 0 unspecified atom stereocenters. The van der Waals surface area contributed by atoms with Gasteiger partial charge in [0.05, 0.1) is 29.0 Å². The van der Waals surface area contributed by atoms with Gasteiger partial charge in [-0.25, -0.2) is 4.90 Å². The van der Waals surface area contributed by atoms with Crippen molar-refractivity contribution in [3.05, 3.63) is 53.6 Å². The molecule has 1 fully saturated rings. The molecule has 0 radical (unpaired) electrons. The fourth-order valence-electron chi connectivity index (χ4n) is 3.26. The van der Waals surface area contributed by atoms with Crippen molar-refractivity contribution in [2.75, 3.05) is 22.6 Å². The Labute approximate surface area is 174 Å². The standard InChI is InChI=1S/C22H24N2O4S/c1-4-28-18-8-6-5-7-16(18)23-20(25)13-29-19-12-21(26)24(22(19)27)17-10-9-14(2)11-15(17)3/h5-11,19H,4,12-13H2,1-3H3,(H,23,25)/t19-/m0/s1. The first-order valence-corrected chi connectivity index (χ1v) is 10.5. The van der Waals surface area contributed by atoms with Crippen LogP contribution in [0.3, 0.4) is 0 Å². The molecule has 3 rings (SSSR count). The van der Waals surface area contributed by atoms with Crippen LogP contribution in [0.4, 0.5) is 11.4 Å². The van der Waals surface area contributed by atoms with E-state index in [4.69, 9.17) is 4.74 Å². The quantitative estimate of drug-likeness (QED) is 0.702. The fraction of sp³-hybridized carbons (Fsp3) is 0.318. The number of benzene rings is 2. The maximum Gasteiger partial charge on any atom is 0.247 e. The Kier molecular flexibility index (Phi) is 6.59. The van der Waals surface area contributed by atoms with Crippen LogP contribution < -0.4 is 15.0 Å². The van der Waals surface area contributed by atoms with Crippen molar-refractivity contribution in [2.45, 2.75) is 32.4 Å². The highest BCUT2D eigenvalue weighted by atomic mass is 32.2. The van der Waals surface area contributed by atoms with Gasteiger partial charge in [0.1, 0.15) is 5.75 Å². The number of nitrogens with one attached hydrogen (secondary N) is 1. The zero-order valence-electron chi connectivity index (χ0n) is 16.7. The van der Waals surface area contributed by atoms with Crippen LogP contribution in [-0.4, -0.2) is 35.3 Å². The predicted octanol–water partition coefficient (Wildman–Crippen LogP) is 3.71. The van der Waals surface area contributed by atoms with E-state index in [1.165, 1.54) is 16.7 Å². The highest BCUT2D eigenvalue weighted by Crippen LogP contribution is 2.32. The number of amides is 3. The first-order valence-electron chi connectivity index (χ1n) is 9.48. The number of hydrogen-bond donors (Lipinski definition) is 1. The van der Waals surface area contributed by atoms with Gasteiger partial charge in [-0.2, -0.15) is 0 Å². The van der Waals surface area contributed by atoms with Crippen molar-refractivity contribution >= 4 is 40.9 Å². The molecule has 1 saturated heterocycles. The van der Waals surface area contributed by atoms with E-state index in [1.807, 2.05) is 45.0 Å². The molecule has 2 aromatic carbocycles. The van der Waals surface area contributed by atoms with Gasteiger partial charge in [-0.1, -0.05) is 29.8 Å². The van der Waals surface area contributed by atoms with Gasteiger partial charge in [-0.15, -0.1) is 11.8 Å². The molecule has 29 heavy (non-hydrogen) atoms. The molecule has 1 heterocycles. The second kappa shape index (κ2) is 9.13. The zero-order valence-corrected chi connectivity index (χ0v) is 17.5. The predicted molar refractivity (Wildman–Crippen MR) is 116 cm³/mol. The monoisotopic (exact) mass is 412 g/mol. The molecule has 0 saturated carbocycles. The molecule has 0 aliphatic carbocycles. The molecule has 1 aliphatic heterocycles. The van der Waals surface area contributed by atoms with Gasteiger partial charge >= 0.3 is 0 Å². The number of carbonyl (C=O) groups is 3. The van der Waals surface area contributed by atoms with Gasteiger partial charge in [0.2, 0.25) is 17.7 Å². The zero-order chi connectivity index (χ0) is 21.0. The summed E-state index contributed by atoms with van der Waals surface area (Å²) in [7, 11) is 0. The van der Waals surface area contributed by atoms with Gasteiger partial charge in [-0.3, -0.25) is 14.4 Å². The molecule has 7 heteroatoms. The number of hydrogen-bond acceptors (Lipinski definition) is 5. The van der Waals surface area contributed by atoms with Crippen LogP contribution in [0.5, 0.6) is 5.75 Å². The van der Waals surface area contributed by atoms with Gasteiger partial charge in [0, 0.05) is 6.42 Å². The number of carbonyl (C=O) groups excluding carboxylic acids is 3. The van der Waals surface area contributed by atoms with E-state index in [9.17, 15) is 14.4 Å². The first-order chi connectivity index (χ1) is 13.9. The van der Waals surface area contributed by atoms with E-state index in [0.29, 0.717) is 23.7 Å². The number of ether oxygens (including phenoxy) is 1. The van der Waals surface area contributed by atoms with Crippen molar-refractivity contribution in [3.8, 4) is 5.75 Å². The molecule has 6 nitrogen and oxygen atoms in total. The van der Waals surface area contributed by atoms with Crippen molar-refractivity contribution in [1.29, 1.82) is 0 Å². The highest BCUT2D eigenvalue weighted by Gasteiger charge is 2.40. The van der Waals surface area contributed by atoms with Crippen molar-refractivity contribution in [3.63, 3.8) is 0 Å². The smallest absolute Gasteiger partial charge is 0.247 e. The molecule has 3 amide bonds. The lowest BCUT2D eigenvalue weighted by Gasteiger charge is -2.18. The SMILES string of the molecule is CCOc1ccccc1NC(=O)CS[C@H]1CC(=O)N(c2ccc(C)cc2C)C1=O. The third-order valence-corrected chi connectivity index (χ3v) is 5.77. The minimum atomic E-state index is -0.559. The summed E-state index contributed by atoms with van der Waals surface area (Å²) in [4.78, 5) is 38.9. The number of aryl methyl sites for hydroxylation is 2. The average molecular weight is 413 g/mol. The topological polar surface area (TPSA) is 75.7 Å². The van der Waals surface area contributed by atoms with E-state index < -0.39 is 5.25 Å². The lowest BCUT2D eigenvalue weighted by atomic mass is 10.1. The average Bonchev–Trinajstić information content (AvgIpc) is 2.96. The molecule has 0 bridgehead atoms. The summed E-state index contributed by atoms with van der Waals surface area (Å²) in [6, 6.07) is 12.8. The van der Waals surface area contributed by atoms with E-state index >= 15 is 0 Å². The summed E-state index contributed by atoms with van der Waals surface area (Å²) in [5, 5.41) is 2.25. The van der Waals surface area contributed by atoms with Gasteiger partial charge < -0.3 is 10.1 Å². The van der Waals surface area contributed by atoms with E-state index in [0.717, 1.165) is 11.1 Å². The Balaban J connectivity index is 1.62. The Morgan fingerprint density at radius 2 is 1.97 bits per heavy atom. The van der Waals surface area contributed by atoms with Crippen LogP contribution in [-0.2, 0) is 14.4 Å². The van der Waals surface area contributed by atoms with Crippen LogP contribution in [0.1, 0.15) is 24.5 Å².